The third-order valence-electron chi connectivity index (χ3n) is 7.73. The first-order valence-electron chi connectivity index (χ1n) is 10.1. The number of hydrogen-bond acceptors (Lipinski definition) is 3. The predicted octanol–water partition coefficient (Wildman–Crippen LogP) is 4.78. The molecule has 0 aromatic rings. The first kappa shape index (κ1) is 17.6. The van der Waals surface area contributed by atoms with Crippen LogP contribution in [0.3, 0.4) is 0 Å². The molecule has 3 aliphatic carbocycles. The Morgan fingerprint density at radius 2 is 1.88 bits per heavy atom. The highest BCUT2D eigenvalue weighted by molar-refractivity contribution is 6.04. The second kappa shape index (κ2) is 5.59. The van der Waals surface area contributed by atoms with Crippen molar-refractivity contribution in [3.63, 3.8) is 0 Å². The minimum absolute atomic E-state index is 0.0257. The van der Waals surface area contributed by atoms with E-state index in [0.717, 1.165) is 32.4 Å². The maximum absolute atomic E-state index is 12.9. The lowest BCUT2D eigenvalue weighted by Gasteiger charge is -2.58. The molecule has 1 saturated heterocycles. The van der Waals surface area contributed by atoms with Crippen molar-refractivity contribution in [2.45, 2.75) is 59.8 Å². The standard InChI is InChI=1S/C23H30N2O/c1-21(2)18-8-10-22(3)9-7-17(25-11-5-6-12-25)13-19(22)23(18,4)14-16(15-24)20(21)26/h7,13-14,18H,5-6,8-12H2,1-4H3/t18-,22?,23-/m0/s1. The van der Waals surface area contributed by atoms with Gasteiger partial charge in [-0.2, -0.15) is 5.26 Å². The van der Waals surface area contributed by atoms with Crippen molar-refractivity contribution in [1.29, 1.82) is 5.26 Å². The van der Waals surface area contributed by atoms with E-state index in [2.05, 4.69) is 37.0 Å². The van der Waals surface area contributed by atoms with Crippen LogP contribution in [0.5, 0.6) is 0 Å². The van der Waals surface area contributed by atoms with Crippen LogP contribution in [0.1, 0.15) is 59.8 Å². The average molecular weight is 351 g/mol. The Labute approximate surface area is 157 Å². The minimum atomic E-state index is -0.480. The fourth-order valence-electron chi connectivity index (χ4n) is 6.25. The van der Waals surface area contributed by atoms with Gasteiger partial charge in [-0.15, -0.1) is 0 Å². The van der Waals surface area contributed by atoms with Crippen LogP contribution in [0.25, 0.3) is 0 Å². The molecule has 0 radical (unpaired) electrons. The monoisotopic (exact) mass is 350 g/mol. The van der Waals surface area contributed by atoms with Crippen LogP contribution in [0.15, 0.2) is 35.1 Å². The summed E-state index contributed by atoms with van der Waals surface area (Å²) in [6.07, 6.45) is 12.6. The van der Waals surface area contributed by atoms with Gasteiger partial charge in [-0.3, -0.25) is 4.79 Å². The van der Waals surface area contributed by atoms with E-state index in [4.69, 9.17) is 0 Å². The Morgan fingerprint density at radius 1 is 1.19 bits per heavy atom. The molecule has 2 fully saturated rings. The van der Waals surface area contributed by atoms with Crippen LogP contribution >= 0.6 is 0 Å². The number of nitriles is 1. The number of nitrogens with zero attached hydrogens (tertiary/aromatic N) is 2. The maximum atomic E-state index is 12.9. The summed E-state index contributed by atoms with van der Waals surface area (Å²) in [5.41, 5.74) is 2.61. The lowest BCUT2D eigenvalue weighted by molar-refractivity contribution is -0.130. The van der Waals surface area contributed by atoms with Crippen molar-refractivity contribution in [3.05, 3.63) is 35.1 Å². The average Bonchev–Trinajstić information content (AvgIpc) is 3.12. The van der Waals surface area contributed by atoms with E-state index in [9.17, 15) is 10.1 Å². The summed E-state index contributed by atoms with van der Waals surface area (Å²) in [6, 6.07) is 2.20. The molecule has 0 bridgehead atoms. The molecule has 0 aromatic carbocycles. The summed E-state index contributed by atoms with van der Waals surface area (Å²) in [5.74, 6) is 0.287. The number of hydrogen-bond donors (Lipinski definition) is 0. The molecule has 4 rings (SSSR count). The van der Waals surface area contributed by atoms with Crippen molar-refractivity contribution in [1.82, 2.24) is 4.90 Å². The maximum Gasteiger partial charge on any atom is 0.178 e. The van der Waals surface area contributed by atoms with Crippen molar-refractivity contribution in [2.24, 2.45) is 22.2 Å². The van der Waals surface area contributed by atoms with Gasteiger partial charge in [0.25, 0.3) is 0 Å². The van der Waals surface area contributed by atoms with Crippen molar-refractivity contribution in [3.8, 4) is 6.07 Å². The zero-order valence-electron chi connectivity index (χ0n) is 16.6. The first-order chi connectivity index (χ1) is 12.2. The van der Waals surface area contributed by atoms with E-state index in [1.54, 1.807) is 0 Å². The quantitative estimate of drug-likeness (QED) is 0.684. The molecule has 1 unspecified atom stereocenters. The lowest BCUT2D eigenvalue weighted by Crippen LogP contribution is -2.53. The van der Waals surface area contributed by atoms with Gasteiger partial charge >= 0.3 is 0 Å². The molecule has 4 aliphatic rings. The van der Waals surface area contributed by atoms with Crippen LogP contribution < -0.4 is 0 Å². The number of Topliss-reactive ketones (excluding diaryl/α,β-unsaturated/α-hetero) is 1. The summed E-state index contributed by atoms with van der Waals surface area (Å²) in [7, 11) is 0. The highest BCUT2D eigenvalue weighted by atomic mass is 16.1. The fraction of sp³-hybridized carbons (Fsp3) is 0.652. The number of fused-ring (bicyclic) bond motifs is 3. The van der Waals surface area contributed by atoms with Crippen LogP contribution in [-0.2, 0) is 4.79 Å². The summed E-state index contributed by atoms with van der Waals surface area (Å²) in [6.45, 7) is 11.0. The first-order valence-corrected chi connectivity index (χ1v) is 10.1. The zero-order valence-corrected chi connectivity index (χ0v) is 16.6. The molecule has 1 aliphatic heterocycles. The zero-order chi connectivity index (χ0) is 18.7. The number of allylic oxidation sites excluding steroid dienone is 5. The van der Waals surface area contributed by atoms with Gasteiger partial charge in [0.1, 0.15) is 6.07 Å². The highest BCUT2D eigenvalue weighted by Crippen LogP contribution is 2.64. The normalized spacial score (nSPS) is 38.6. The van der Waals surface area contributed by atoms with Gasteiger partial charge in [0.15, 0.2) is 5.78 Å². The second-order valence-electron chi connectivity index (χ2n) is 9.74. The van der Waals surface area contributed by atoms with Gasteiger partial charge in [-0.1, -0.05) is 45.4 Å². The smallest absolute Gasteiger partial charge is 0.178 e. The van der Waals surface area contributed by atoms with E-state index < -0.39 is 5.41 Å². The summed E-state index contributed by atoms with van der Waals surface area (Å²) in [5, 5.41) is 9.61. The van der Waals surface area contributed by atoms with E-state index in [1.165, 1.54) is 24.1 Å². The lowest BCUT2D eigenvalue weighted by atomic mass is 9.45. The third kappa shape index (κ3) is 2.27. The van der Waals surface area contributed by atoms with Crippen LogP contribution in [0.4, 0.5) is 0 Å². The van der Waals surface area contributed by atoms with Crippen LogP contribution in [0.2, 0.25) is 0 Å². The molecule has 0 spiro atoms. The summed E-state index contributed by atoms with van der Waals surface area (Å²) >= 11 is 0. The number of likely N-dealkylation sites (tertiary alicyclic amines) is 1. The van der Waals surface area contributed by atoms with Crippen LogP contribution in [-0.4, -0.2) is 23.8 Å². The van der Waals surface area contributed by atoms with Crippen molar-refractivity contribution >= 4 is 5.78 Å². The molecule has 0 amide bonds. The molecule has 138 valence electrons. The predicted molar refractivity (Wildman–Crippen MR) is 103 cm³/mol. The molecule has 1 saturated carbocycles. The van der Waals surface area contributed by atoms with Crippen molar-refractivity contribution < 1.29 is 4.79 Å². The summed E-state index contributed by atoms with van der Waals surface area (Å²) in [4.78, 5) is 15.4. The molecular weight excluding hydrogens is 320 g/mol. The Bertz CT molecular complexity index is 788. The number of carbonyl (C=O) groups is 1. The molecule has 3 heteroatoms. The van der Waals surface area contributed by atoms with Crippen LogP contribution in [0, 0.1) is 33.5 Å². The van der Waals surface area contributed by atoms with E-state index >= 15 is 0 Å². The molecule has 3 nitrogen and oxygen atoms in total. The second-order valence-corrected chi connectivity index (χ2v) is 9.74. The number of carbonyl (C=O) groups excluding carboxylic acids is 1. The molecule has 0 aromatic heterocycles. The largest absolute Gasteiger partial charge is 0.372 e. The van der Waals surface area contributed by atoms with Gasteiger partial charge in [-0.05, 0) is 49.5 Å². The highest BCUT2D eigenvalue weighted by Gasteiger charge is 2.58. The topological polar surface area (TPSA) is 44.1 Å². The van der Waals surface area contributed by atoms with Gasteiger partial charge in [0, 0.05) is 29.6 Å². The Hall–Kier alpha value is -1.82. The Kier molecular flexibility index (Phi) is 3.78. The molecule has 3 atom stereocenters. The van der Waals surface area contributed by atoms with Gasteiger partial charge in [0.05, 0.1) is 5.57 Å². The number of rotatable bonds is 1. The molecular formula is C23H30N2O. The van der Waals surface area contributed by atoms with Gasteiger partial charge in [0.2, 0.25) is 0 Å². The number of ketones is 1. The summed E-state index contributed by atoms with van der Waals surface area (Å²) < 4.78 is 0. The van der Waals surface area contributed by atoms with Gasteiger partial charge in [-0.25, -0.2) is 0 Å². The van der Waals surface area contributed by atoms with Crippen molar-refractivity contribution in [2.75, 3.05) is 13.1 Å². The Balaban J connectivity index is 1.86. The molecule has 0 N–H and O–H groups in total. The minimum Gasteiger partial charge on any atom is -0.372 e. The fourth-order valence-corrected chi connectivity index (χ4v) is 6.25. The Morgan fingerprint density at radius 3 is 2.54 bits per heavy atom. The van der Waals surface area contributed by atoms with E-state index in [1.807, 2.05) is 19.9 Å². The van der Waals surface area contributed by atoms with Gasteiger partial charge < -0.3 is 4.90 Å². The SMILES string of the molecule is CC12CC=C(N3CCCC3)C=C1[C@@]1(C)C=C(C#N)C(=O)C(C)(C)[C@@H]1CC2. The molecule has 26 heavy (non-hydrogen) atoms. The van der Waals surface area contributed by atoms with E-state index in [-0.39, 0.29) is 22.5 Å². The third-order valence-corrected chi connectivity index (χ3v) is 7.73. The molecule has 1 heterocycles. The van der Waals surface area contributed by atoms with E-state index in [0.29, 0.717) is 5.57 Å².